The van der Waals surface area contributed by atoms with E-state index in [9.17, 15) is 14.9 Å². The second-order valence-corrected chi connectivity index (χ2v) is 4.54. The monoisotopic (exact) mass is 298 g/mol. The number of hydrogen-bond donors (Lipinski definition) is 1. The zero-order valence-corrected chi connectivity index (χ0v) is 11.8. The standard InChI is InChI=1S/C16H14N2O4/c1-17(14-8-4-5-9-15(14)18(21)22)13-7-3-2-6-12(13)10-11-16(19)20/h2-11H,1H3,(H,19,20)/b11-10+. The van der Waals surface area contributed by atoms with Crippen LogP contribution in [0.5, 0.6) is 0 Å². The third-order valence-corrected chi connectivity index (χ3v) is 3.14. The summed E-state index contributed by atoms with van der Waals surface area (Å²) in [5.74, 6) is -1.05. The van der Waals surface area contributed by atoms with Gasteiger partial charge in [0.1, 0.15) is 5.69 Å². The largest absolute Gasteiger partial charge is 0.478 e. The van der Waals surface area contributed by atoms with Gasteiger partial charge in [-0.3, -0.25) is 10.1 Å². The molecule has 2 aromatic rings. The molecule has 0 spiro atoms. The van der Waals surface area contributed by atoms with Crippen molar-refractivity contribution in [1.82, 2.24) is 0 Å². The van der Waals surface area contributed by atoms with Gasteiger partial charge in [0.15, 0.2) is 0 Å². The molecular formula is C16H14N2O4. The highest BCUT2D eigenvalue weighted by atomic mass is 16.6. The normalized spacial score (nSPS) is 10.6. The summed E-state index contributed by atoms with van der Waals surface area (Å²) in [5, 5.41) is 19.9. The predicted molar refractivity (Wildman–Crippen MR) is 84.3 cm³/mol. The zero-order valence-electron chi connectivity index (χ0n) is 11.8. The quantitative estimate of drug-likeness (QED) is 0.519. The summed E-state index contributed by atoms with van der Waals surface area (Å²) in [5.41, 5.74) is 1.76. The van der Waals surface area contributed by atoms with Crippen LogP contribution in [0.4, 0.5) is 17.1 Å². The highest BCUT2D eigenvalue weighted by Gasteiger charge is 2.18. The molecule has 0 saturated carbocycles. The molecule has 6 nitrogen and oxygen atoms in total. The Morgan fingerprint density at radius 3 is 2.36 bits per heavy atom. The maximum atomic E-state index is 11.1. The van der Waals surface area contributed by atoms with E-state index in [1.165, 1.54) is 12.1 Å². The fourth-order valence-corrected chi connectivity index (χ4v) is 2.13. The van der Waals surface area contributed by atoms with Crippen molar-refractivity contribution in [2.24, 2.45) is 0 Å². The Bertz CT molecular complexity index is 740. The number of nitrogens with zero attached hydrogens (tertiary/aromatic N) is 2. The van der Waals surface area contributed by atoms with Gasteiger partial charge < -0.3 is 10.0 Å². The maximum absolute atomic E-state index is 11.1. The molecule has 22 heavy (non-hydrogen) atoms. The van der Waals surface area contributed by atoms with Crippen LogP contribution < -0.4 is 4.90 Å². The van der Waals surface area contributed by atoms with Gasteiger partial charge in [-0.05, 0) is 23.8 Å². The number of rotatable bonds is 5. The molecule has 0 amide bonds. The van der Waals surface area contributed by atoms with E-state index in [-0.39, 0.29) is 5.69 Å². The van der Waals surface area contributed by atoms with Crippen molar-refractivity contribution in [1.29, 1.82) is 0 Å². The fraction of sp³-hybridized carbons (Fsp3) is 0.0625. The van der Waals surface area contributed by atoms with Crippen LogP contribution in [0, 0.1) is 10.1 Å². The molecule has 0 unspecified atom stereocenters. The van der Waals surface area contributed by atoms with Gasteiger partial charge in [-0.25, -0.2) is 4.79 Å². The Morgan fingerprint density at radius 2 is 1.73 bits per heavy atom. The Balaban J connectivity index is 2.49. The minimum Gasteiger partial charge on any atom is -0.478 e. The van der Waals surface area contributed by atoms with Gasteiger partial charge in [0, 0.05) is 24.9 Å². The van der Waals surface area contributed by atoms with Gasteiger partial charge >= 0.3 is 5.97 Å². The molecule has 0 atom stereocenters. The number of nitro benzene ring substituents is 1. The van der Waals surface area contributed by atoms with E-state index >= 15 is 0 Å². The molecule has 0 aliphatic rings. The van der Waals surface area contributed by atoms with E-state index in [1.54, 1.807) is 54.4 Å². The number of benzene rings is 2. The van der Waals surface area contributed by atoms with Crippen molar-refractivity contribution in [2.75, 3.05) is 11.9 Å². The lowest BCUT2D eigenvalue weighted by atomic mass is 10.1. The van der Waals surface area contributed by atoms with Crippen LogP contribution >= 0.6 is 0 Å². The lowest BCUT2D eigenvalue weighted by molar-refractivity contribution is -0.384. The van der Waals surface area contributed by atoms with E-state index < -0.39 is 10.9 Å². The second kappa shape index (κ2) is 6.53. The Labute approximate surface area is 127 Å². The highest BCUT2D eigenvalue weighted by molar-refractivity contribution is 5.88. The second-order valence-electron chi connectivity index (χ2n) is 4.54. The summed E-state index contributed by atoms with van der Waals surface area (Å²) in [6.45, 7) is 0. The van der Waals surface area contributed by atoms with Crippen molar-refractivity contribution < 1.29 is 14.8 Å². The summed E-state index contributed by atoms with van der Waals surface area (Å²) >= 11 is 0. The fourth-order valence-electron chi connectivity index (χ4n) is 2.13. The molecule has 6 heteroatoms. The molecule has 1 N–H and O–H groups in total. The molecule has 0 bridgehead atoms. The van der Waals surface area contributed by atoms with E-state index in [0.717, 1.165) is 6.08 Å². The van der Waals surface area contributed by atoms with Crippen molar-refractivity contribution >= 4 is 29.1 Å². The average Bonchev–Trinajstić information content (AvgIpc) is 2.52. The molecule has 0 saturated heterocycles. The van der Waals surface area contributed by atoms with Crippen LogP contribution in [0.25, 0.3) is 6.08 Å². The molecule has 2 aromatic carbocycles. The molecule has 0 radical (unpaired) electrons. The SMILES string of the molecule is CN(c1ccccc1/C=C/C(=O)O)c1ccccc1[N+](=O)[O-]. The smallest absolute Gasteiger partial charge is 0.328 e. The zero-order chi connectivity index (χ0) is 16.1. The minimum atomic E-state index is -1.05. The van der Waals surface area contributed by atoms with E-state index in [4.69, 9.17) is 5.11 Å². The van der Waals surface area contributed by atoms with Crippen LogP contribution in [0.2, 0.25) is 0 Å². The number of aliphatic carboxylic acids is 1. The summed E-state index contributed by atoms with van der Waals surface area (Å²) in [6.07, 6.45) is 2.50. The topological polar surface area (TPSA) is 83.7 Å². The first-order chi connectivity index (χ1) is 10.5. The number of carboxylic acid groups (broad SMARTS) is 1. The first-order valence-corrected chi connectivity index (χ1v) is 6.48. The van der Waals surface area contributed by atoms with Crippen molar-refractivity contribution in [3.8, 4) is 0 Å². The third kappa shape index (κ3) is 3.29. The summed E-state index contributed by atoms with van der Waals surface area (Å²) in [6, 6.07) is 13.5. The van der Waals surface area contributed by atoms with Gasteiger partial charge in [0.2, 0.25) is 0 Å². The van der Waals surface area contributed by atoms with Crippen molar-refractivity contribution in [3.63, 3.8) is 0 Å². The molecule has 0 heterocycles. The van der Waals surface area contributed by atoms with Gasteiger partial charge in [-0.15, -0.1) is 0 Å². The number of carboxylic acids is 1. The van der Waals surface area contributed by atoms with Crippen LogP contribution in [0.15, 0.2) is 54.6 Å². The number of carbonyl (C=O) groups is 1. The van der Waals surface area contributed by atoms with E-state index in [0.29, 0.717) is 16.9 Å². The summed E-state index contributed by atoms with van der Waals surface area (Å²) in [7, 11) is 1.70. The lowest BCUT2D eigenvalue weighted by Crippen LogP contribution is -2.12. The summed E-state index contributed by atoms with van der Waals surface area (Å²) in [4.78, 5) is 23.0. The number of anilines is 2. The molecule has 0 aliphatic heterocycles. The Hall–Kier alpha value is -3.15. The van der Waals surface area contributed by atoms with Crippen LogP contribution in [-0.2, 0) is 4.79 Å². The Kier molecular flexibility index (Phi) is 4.53. The first kappa shape index (κ1) is 15.2. The molecule has 2 rings (SSSR count). The number of hydrogen-bond acceptors (Lipinski definition) is 4. The lowest BCUT2D eigenvalue weighted by Gasteiger charge is -2.21. The van der Waals surface area contributed by atoms with Gasteiger partial charge in [0.05, 0.1) is 4.92 Å². The highest BCUT2D eigenvalue weighted by Crippen LogP contribution is 2.34. The van der Waals surface area contributed by atoms with E-state index in [2.05, 4.69) is 0 Å². The Morgan fingerprint density at radius 1 is 1.14 bits per heavy atom. The van der Waals surface area contributed by atoms with Crippen LogP contribution in [-0.4, -0.2) is 23.0 Å². The van der Waals surface area contributed by atoms with Crippen LogP contribution in [0.3, 0.4) is 0 Å². The molecule has 0 aromatic heterocycles. The van der Waals surface area contributed by atoms with Gasteiger partial charge in [0.25, 0.3) is 5.69 Å². The minimum absolute atomic E-state index is 0.0120. The van der Waals surface area contributed by atoms with Crippen molar-refractivity contribution in [2.45, 2.75) is 0 Å². The molecule has 112 valence electrons. The predicted octanol–water partition coefficient (Wildman–Crippen LogP) is 3.46. The third-order valence-electron chi connectivity index (χ3n) is 3.14. The van der Waals surface area contributed by atoms with Gasteiger partial charge in [-0.2, -0.15) is 0 Å². The maximum Gasteiger partial charge on any atom is 0.328 e. The number of nitro groups is 1. The molecule has 0 fully saturated rings. The van der Waals surface area contributed by atoms with Crippen LogP contribution in [0.1, 0.15) is 5.56 Å². The molecular weight excluding hydrogens is 284 g/mol. The molecule has 0 aliphatic carbocycles. The van der Waals surface area contributed by atoms with E-state index in [1.807, 2.05) is 0 Å². The average molecular weight is 298 g/mol. The first-order valence-electron chi connectivity index (χ1n) is 6.48. The summed E-state index contributed by atoms with van der Waals surface area (Å²) < 4.78 is 0. The van der Waals surface area contributed by atoms with Gasteiger partial charge in [-0.1, -0.05) is 30.3 Å². The number of para-hydroxylation sites is 3. The van der Waals surface area contributed by atoms with Crippen molar-refractivity contribution in [3.05, 3.63) is 70.3 Å².